The molecule has 0 fully saturated rings. The van der Waals surface area contributed by atoms with Crippen LogP contribution in [-0.2, 0) is 11.2 Å². The fourth-order valence-electron chi connectivity index (χ4n) is 3.44. The molecular formula is C23H16BrFN2O3. The molecule has 0 spiro atoms. The first-order chi connectivity index (χ1) is 14.5. The lowest BCUT2D eigenvalue weighted by Gasteiger charge is -2.25. The maximum Gasteiger partial charge on any atom is 0.262 e. The molecule has 7 heteroatoms. The number of hydrogen-bond acceptors (Lipinski definition) is 3. The number of nitrogens with one attached hydrogen (secondary N) is 1. The van der Waals surface area contributed by atoms with Gasteiger partial charge in [-0.3, -0.25) is 19.3 Å². The van der Waals surface area contributed by atoms with Gasteiger partial charge in [0, 0.05) is 10.9 Å². The van der Waals surface area contributed by atoms with E-state index in [2.05, 4.69) is 21.2 Å². The third-order valence-electron chi connectivity index (χ3n) is 4.90. The van der Waals surface area contributed by atoms with Gasteiger partial charge in [-0.1, -0.05) is 58.4 Å². The van der Waals surface area contributed by atoms with Crippen molar-refractivity contribution < 1.29 is 18.8 Å². The van der Waals surface area contributed by atoms with E-state index in [1.165, 1.54) is 12.1 Å². The molecule has 4 rings (SSSR count). The van der Waals surface area contributed by atoms with Crippen LogP contribution >= 0.6 is 15.9 Å². The second-order valence-electron chi connectivity index (χ2n) is 6.84. The number of halogens is 2. The molecule has 1 atom stereocenters. The summed E-state index contributed by atoms with van der Waals surface area (Å²) < 4.78 is 14.8. The number of carbonyl (C=O) groups excluding carboxylic acids is 3. The number of anilines is 1. The highest BCUT2D eigenvalue weighted by Crippen LogP contribution is 2.27. The van der Waals surface area contributed by atoms with E-state index in [1.807, 2.05) is 6.07 Å². The lowest BCUT2D eigenvalue weighted by atomic mass is 10.0. The molecule has 0 radical (unpaired) electrons. The summed E-state index contributed by atoms with van der Waals surface area (Å²) in [6.45, 7) is 0. The van der Waals surface area contributed by atoms with E-state index in [9.17, 15) is 18.8 Å². The summed E-state index contributed by atoms with van der Waals surface area (Å²) in [5.41, 5.74) is 1.25. The average molecular weight is 467 g/mol. The second-order valence-corrected chi connectivity index (χ2v) is 7.76. The topological polar surface area (TPSA) is 66.5 Å². The van der Waals surface area contributed by atoms with Gasteiger partial charge in [-0.15, -0.1) is 0 Å². The molecule has 3 amide bonds. The van der Waals surface area contributed by atoms with E-state index in [4.69, 9.17) is 0 Å². The molecule has 1 unspecified atom stereocenters. The van der Waals surface area contributed by atoms with Crippen LogP contribution in [0.1, 0.15) is 26.3 Å². The number of nitrogens with zero attached hydrogens (tertiary/aromatic N) is 1. The van der Waals surface area contributed by atoms with Gasteiger partial charge in [0.2, 0.25) is 5.91 Å². The Kier molecular flexibility index (Phi) is 5.46. The van der Waals surface area contributed by atoms with Crippen molar-refractivity contribution in [2.45, 2.75) is 12.5 Å². The highest BCUT2D eigenvalue weighted by atomic mass is 79.9. The van der Waals surface area contributed by atoms with Crippen LogP contribution in [0.4, 0.5) is 10.1 Å². The van der Waals surface area contributed by atoms with Crippen LogP contribution in [0.15, 0.2) is 77.3 Å². The Hall–Kier alpha value is -3.32. The Morgan fingerprint density at radius 3 is 2.13 bits per heavy atom. The SMILES string of the molecule is O=C(Nc1ccc(Br)cc1F)C(Cc1ccccc1)N1C(=O)c2ccccc2C1=O. The highest BCUT2D eigenvalue weighted by molar-refractivity contribution is 9.10. The number of fused-ring (bicyclic) bond motifs is 1. The molecule has 5 nitrogen and oxygen atoms in total. The summed E-state index contributed by atoms with van der Waals surface area (Å²) in [5, 5.41) is 2.52. The molecule has 30 heavy (non-hydrogen) atoms. The van der Waals surface area contributed by atoms with E-state index in [-0.39, 0.29) is 23.2 Å². The van der Waals surface area contributed by atoms with Crippen molar-refractivity contribution in [2.24, 2.45) is 0 Å². The quantitative estimate of drug-likeness (QED) is 0.565. The normalized spacial score (nSPS) is 13.9. The summed E-state index contributed by atoms with van der Waals surface area (Å²) in [6.07, 6.45) is 0.107. The minimum atomic E-state index is -1.14. The predicted octanol–water partition coefficient (Wildman–Crippen LogP) is 4.43. The van der Waals surface area contributed by atoms with Gasteiger partial charge in [-0.25, -0.2) is 4.39 Å². The Morgan fingerprint density at radius 1 is 0.933 bits per heavy atom. The van der Waals surface area contributed by atoms with Crippen molar-refractivity contribution in [2.75, 3.05) is 5.32 Å². The van der Waals surface area contributed by atoms with Crippen LogP contribution in [0.5, 0.6) is 0 Å². The van der Waals surface area contributed by atoms with Gasteiger partial charge in [0.25, 0.3) is 11.8 Å². The Bertz CT molecular complexity index is 1120. The van der Waals surface area contributed by atoms with Crippen LogP contribution in [0.3, 0.4) is 0 Å². The lowest BCUT2D eigenvalue weighted by Crippen LogP contribution is -2.48. The Morgan fingerprint density at radius 2 is 1.53 bits per heavy atom. The molecule has 150 valence electrons. The molecule has 1 heterocycles. The molecule has 1 N–H and O–H groups in total. The van der Waals surface area contributed by atoms with E-state index >= 15 is 0 Å². The maximum atomic E-state index is 14.3. The van der Waals surface area contributed by atoms with Crippen molar-refractivity contribution in [3.63, 3.8) is 0 Å². The van der Waals surface area contributed by atoms with Crippen LogP contribution < -0.4 is 5.32 Å². The molecular weight excluding hydrogens is 451 g/mol. The number of benzene rings is 3. The number of amides is 3. The fourth-order valence-corrected chi connectivity index (χ4v) is 3.77. The van der Waals surface area contributed by atoms with Crippen molar-refractivity contribution in [3.05, 3.63) is 99.8 Å². The Balaban J connectivity index is 1.69. The summed E-state index contributed by atoms with van der Waals surface area (Å²) >= 11 is 3.17. The minimum Gasteiger partial charge on any atom is -0.322 e. The number of carbonyl (C=O) groups is 3. The van der Waals surface area contributed by atoms with E-state index < -0.39 is 29.6 Å². The summed E-state index contributed by atoms with van der Waals surface area (Å²) in [6, 6.07) is 18.6. The predicted molar refractivity (Wildman–Crippen MR) is 114 cm³/mol. The molecule has 0 aromatic heterocycles. The zero-order chi connectivity index (χ0) is 21.3. The van der Waals surface area contributed by atoms with E-state index in [0.717, 1.165) is 10.5 Å². The smallest absolute Gasteiger partial charge is 0.262 e. The lowest BCUT2D eigenvalue weighted by molar-refractivity contribution is -0.120. The first-order valence-electron chi connectivity index (χ1n) is 9.22. The number of imide groups is 1. The second kappa shape index (κ2) is 8.20. The molecule has 3 aromatic rings. The molecule has 1 aliphatic rings. The van der Waals surface area contributed by atoms with Gasteiger partial charge in [0.1, 0.15) is 11.9 Å². The van der Waals surface area contributed by atoms with E-state index in [0.29, 0.717) is 4.47 Å². The zero-order valence-electron chi connectivity index (χ0n) is 15.6. The summed E-state index contributed by atoms with van der Waals surface area (Å²) in [7, 11) is 0. The first kappa shape index (κ1) is 20.0. The Labute approximate surface area is 180 Å². The van der Waals surface area contributed by atoms with E-state index in [1.54, 1.807) is 54.6 Å². The monoisotopic (exact) mass is 466 g/mol. The number of hydrogen-bond donors (Lipinski definition) is 1. The average Bonchev–Trinajstić information content (AvgIpc) is 3.00. The third-order valence-corrected chi connectivity index (χ3v) is 5.39. The molecule has 0 aliphatic carbocycles. The first-order valence-corrected chi connectivity index (χ1v) is 10.0. The van der Waals surface area contributed by atoms with Crippen molar-refractivity contribution in [1.82, 2.24) is 4.90 Å². The van der Waals surface area contributed by atoms with Gasteiger partial charge in [0.15, 0.2) is 0 Å². The van der Waals surface area contributed by atoms with Crippen LogP contribution in [0, 0.1) is 5.82 Å². The third kappa shape index (κ3) is 3.76. The van der Waals surface area contributed by atoms with Gasteiger partial charge < -0.3 is 5.32 Å². The minimum absolute atomic E-state index is 0.0297. The summed E-state index contributed by atoms with van der Waals surface area (Å²) in [4.78, 5) is 40.0. The van der Waals surface area contributed by atoms with Crippen molar-refractivity contribution in [3.8, 4) is 0 Å². The largest absolute Gasteiger partial charge is 0.322 e. The molecule has 3 aromatic carbocycles. The van der Waals surface area contributed by atoms with Gasteiger partial charge >= 0.3 is 0 Å². The van der Waals surface area contributed by atoms with Crippen molar-refractivity contribution in [1.29, 1.82) is 0 Å². The van der Waals surface area contributed by atoms with Crippen LogP contribution in [0.25, 0.3) is 0 Å². The van der Waals surface area contributed by atoms with Crippen LogP contribution in [0.2, 0.25) is 0 Å². The molecule has 0 saturated heterocycles. The zero-order valence-corrected chi connectivity index (χ0v) is 17.2. The maximum absolute atomic E-state index is 14.3. The number of rotatable bonds is 5. The fraction of sp³-hybridized carbons (Fsp3) is 0.0870. The summed E-state index contributed by atoms with van der Waals surface area (Å²) in [5.74, 6) is -2.35. The van der Waals surface area contributed by atoms with Gasteiger partial charge in [-0.05, 0) is 35.9 Å². The van der Waals surface area contributed by atoms with Crippen molar-refractivity contribution >= 4 is 39.3 Å². The van der Waals surface area contributed by atoms with Gasteiger partial charge in [-0.2, -0.15) is 0 Å². The molecule has 1 aliphatic heterocycles. The van der Waals surface area contributed by atoms with Gasteiger partial charge in [0.05, 0.1) is 16.8 Å². The molecule has 0 bridgehead atoms. The van der Waals surface area contributed by atoms with Crippen LogP contribution in [-0.4, -0.2) is 28.7 Å². The molecule has 0 saturated carbocycles. The highest BCUT2D eigenvalue weighted by Gasteiger charge is 2.42. The standard InChI is InChI=1S/C23H16BrFN2O3/c24-15-10-11-19(18(25)13-15)26-21(28)20(12-14-6-2-1-3-7-14)27-22(29)16-8-4-5-9-17(16)23(27)30/h1-11,13,20H,12H2,(H,26,28).